The van der Waals surface area contributed by atoms with Crippen molar-refractivity contribution in [2.75, 3.05) is 0 Å². The van der Waals surface area contributed by atoms with E-state index in [1.807, 2.05) is 30.3 Å². The van der Waals surface area contributed by atoms with E-state index in [1.165, 1.54) is 10.6 Å². The van der Waals surface area contributed by atoms with Gasteiger partial charge in [0, 0.05) is 5.56 Å². The minimum absolute atomic E-state index is 0.777. The maximum atomic E-state index is 12.0. The molecule has 0 aromatic heterocycles. The van der Waals surface area contributed by atoms with Gasteiger partial charge in [0.1, 0.15) is 0 Å². The molecule has 0 aliphatic carbocycles. The van der Waals surface area contributed by atoms with Crippen molar-refractivity contribution in [3.8, 4) is 0 Å². The molecule has 4 aromatic rings. The highest BCUT2D eigenvalue weighted by Gasteiger charge is 2.20. The summed E-state index contributed by atoms with van der Waals surface area (Å²) in [4.78, 5) is 12.0. The molecule has 0 amide bonds. The van der Waals surface area contributed by atoms with Crippen molar-refractivity contribution < 1.29 is 4.79 Å². The highest BCUT2D eigenvalue weighted by Crippen LogP contribution is 2.35. The van der Waals surface area contributed by atoms with Gasteiger partial charge in [0.05, 0.1) is 0 Å². The van der Waals surface area contributed by atoms with Crippen LogP contribution in [0.3, 0.4) is 0 Å². The average molecular weight is 340 g/mol. The Kier molecular flexibility index (Phi) is 4.41. The maximum Gasteiger partial charge on any atom is 0.151 e. The van der Waals surface area contributed by atoms with Crippen LogP contribution >= 0.6 is 7.92 Å². The fourth-order valence-electron chi connectivity index (χ4n) is 3.18. The Labute approximate surface area is 148 Å². The van der Waals surface area contributed by atoms with Gasteiger partial charge in [-0.1, -0.05) is 97.1 Å². The Bertz CT molecular complexity index is 970. The Morgan fingerprint density at radius 3 is 1.76 bits per heavy atom. The summed E-state index contributed by atoms with van der Waals surface area (Å²) in [5.41, 5.74) is 0.803. The third-order valence-electron chi connectivity index (χ3n) is 4.34. The van der Waals surface area contributed by atoms with Crippen LogP contribution in [0.15, 0.2) is 97.1 Å². The summed E-state index contributed by atoms with van der Waals surface area (Å²) in [5.74, 6) is 0. The standard InChI is InChI=1S/C23H17OP/c24-17-22-21-14-8-7-9-18(21)15-16-23(22)25(19-10-3-1-4-11-19)20-12-5-2-6-13-20/h1-17H. The molecule has 0 unspecified atom stereocenters. The van der Waals surface area contributed by atoms with Crippen molar-refractivity contribution in [1.82, 2.24) is 0 Å². The molecule has 0 fully saturated rings. The molecule has 0 heterocycles. The van der Waals surface area contributed by atoms with E-state index >= 15 is 0 Å². The van der Waals surface area contributed by atoms with Crippen LogP contribution in [0.1, 0.15) is 10.4 Å². The molecule has 0 saturated heterocycles. The minimum atomic E-state index is -0.777. The third-order valence-corrected chi connectivity index (χ3v) is 6.84. The van der Waals surface area contributed by atoms with E-state index in [0.717, 1.165) is 27.9 Å². The molecule has 4 rings (SSSR count). The van der Waals surface area contributed by atoms with Crippen molar-refractivity contribution in [2.24, 2.45) is 0 Å². The molecule has 120 valence electrons. The van der Waals surface area contributed by atoms with Crippen LogP contribution in [0.5, 0.6) is 0 Å². The minimum Gasteiger partial charge on any atom is -0.298 e. The fraction of sp³-hybridized carbons (Fsp3) is 0. The first-order valence-corrected chi connectivity index (χ1v) is 9.60. The summed E-state index contributed by atoms with van der Waals surface area (Å²) in [5, 5.41) is 5.74. The van der Waals surface area contributed by atoms with Crippen LogP contribution in [0.25, 0.3) is 10.8 Å². The van der Waals surface area contributed by atoms with E-state index in [2.05, 4.69) is 66.7 Å². The summed E-state index contributed by atoms with van der Waals surface area (Å²) in [6.45, 7) is 0. The first-order valence-electron chi connectivity index (χ1n) is 8.25. The summed E-state index contributed by atoms with van der Waals surface area (Å²) < 4.78 is 0. The van der Waals surface area contributed by atoms with Crippen LogP contribution in [-0.4, -0.2) is 6.29 Å². The number of carbonyl (C=O) groups excluding carboxylic acids is 1. The van der Waals surface area contributed by atoms with Crippen LogP contribution in [0, 0.1) is 0 Å². The van der Waals surface area contributed by atoms with Gasteiger partial charge in [-0.25, -0.2) is 0 Å². The molecule has 0 N–H and O–H groups in total. The Hall–Kier alpha value is -2.76. The zero-order valence-corrected chi connectivity index (χ0v) is 14.6. The molecule has 4 aromatic carbocycles. The zero-order valence-electron chi connectivity index (χ0n) is 13.7. The summed E-state index contributed by atoms with van der Waals surface area (Å²) in [6.07, 6.45) is 1.01. The largest absolute Gasteiger partial charge is 0.298 e. The summed E-state index contributed by atoms with van der Waals surface area (Å²) in [6, 6.07) is 33.3. The number of carbonyl (C=O) groups is 1. The SMILES string of the molecule is O=Cc1c(P(c2ccccc2)c2ccccc2)ccc2ccccc12. The highest BCUT2D eigenvalue weighted by molar-refractivity contribution is 7.80. The summed E-state index contributed by atoms with van der Waals surface area (Å²) >= 11 is 0. The molecule has 0 atom stereocenters. The lowest BCUT2D eigenvalue weighted by atomic mass is 10.1. The molecule has 0 spiro atoms. The van der Waals surface area contributed by atoms with Crippen molar-refractivity contribution in [1.29, 1.82) is 0 Å². The van der Waals surface area contributed by atoms with E-state index < -0.39 is 7.92 Å². The van der Waals surface area contributed by atoms with E-state index in [-0.39, 0.29) is 0 Å². The van der Waals surface area contributed by atoms with Crippen molar-refractivity contribution in [3.63, 3.8) is 0 Å². The predicted octanol–water partition coefficient (Wildman–Crippen LogP) is 4.41. The first kappa shape index (κ1) is 15.7. The van der Waals surface area contributed by atoms with Gasteiger partial charge in [-0.3, -0.25) is 4.79 Å². The second kappa shape index (κ2) is 7.01. The van der Waals surface area contributed by atoms with Crippen molar-refractivity contribution in [2.45, 2.75) is 0 Å². The molecule has 2 heteroatoms. The first-order chi connectivity index (χ1) is 12.4. The van der Waals surface area contributed by atoms with Gasteiger partial charge in [0.2, 0.25) is 0 Å². The Morgan fingerprint density at radius 1 is 0.600 bits per heavy atom. The monoisotopic (exact) mass is 340 g/mol. The van der Waals surface area contributed by atoms with Gasteiger partial charge >= 0.3 is 0 Å². The van der Waals surface area contributed by atoms with Crippen LogP contribution in [-0.2, 0) is 0 Å². The van der Waals surface area contributed by atoms with Crippen LogP contribution in [0.4, 0.5) is 0 Å². The second-order valence-electron chi connectivity index (χ2n) is 5.84. The lowest BCUT2D eigenvalue weighted by Gasteiger charge is -2.21. The Balaban J connectivity index is 2.00. The zero-order chi connectivity index (χ0) is 17.1. The van der Waals surface area contributed by atoms with Crippen LogP contribution < -0.4 is 15.9 Å². The molecule has 0 saturated carbocycles. The molecule has 0 bridgehead atoms. The normalized spacial score (nSPS) is 10.9. The maximum absolute atomic E-state index is 12.0. The van der Waals surface area contributed by atoms with E-state index in [4.69, 9.17) is 0 Å². The van der Waals surface area contributed by atoms with Crippen molar-refractivity contribution in [3.05, 3.63) is 103 Å². The molecular weight excluding hydrogens is 323 g/mol. The number of benzene rings is 4. The number of hydrogen-bond donors (Lipinski definition) is 0. The molecule has 0 aliphatic rings. The fourth-order valence-corrected chi connectivity index (χ4v) is 5.62. The van der Waals surface area contributed by atoms with Gasteiger partial charge < -0.3 is 0 Å². The molecule has 25 heavy (non-hydrogen) atoms. The number of aldehydes is 1. The van der Waals surface area contributed by atoms with Crippen LogP contribution in [0.2, 0.25) is 0 Å². The molecular formula is C23H17OP. The number of rotatable bonds is 4. The second-order valence-corrected chi connectivity index (χ2v) is 8.03. The average Bonchev–Trinajstić information content (AvgIpc) is 2.69. The number of fused-ring (bicyclic) bond motifs is 1. The lowest BCUT2D eigenvalue weighted by Crippen LogP contribution is -2.23. The predicted molar refractivity (Wildman–Crippen MR) is 108 cm³/mol. The topological polar surface area (TPSA) is 17.1 Å². The third kappa shape index (κ3) is 2.99. The molecule has 0 aliphatic heterocycles. The van der Waals surface area contributed by atoms with Gasteiger partial charge in [0.25, 0.3) is 0 Å². The van der Waals surface area contributed by atoms with Gasteiger partial charge in [0.15, 0.2) is 6.29 Å². The lowest BCUT2D eigenvalue weighted by molar-refractivity contribution is 0.112. The van der Waals surface area contributed by atoms with E-state index in [9.17, 15) is 4.79 Å². The quantitative estimate of drug-likeness (QED) is 0.397. The van der Waals surface area contributed by atoms with E-state index in [0.29, 0.717) is 0 Å². The molecule has 0 radical (unpaired) electrons. The van der Waals surface area contributed by atoms with Gasteiger partial charge in [-0.05, 0) is 34.6 Å². The van der Waals surface area contributed by atoms with E-state index in [1.54, 1.807) is 0 Å². The Morgan fingerprint density at radius 2 is 1.16 bits per heavy atom. The number of hydrogen-bond acceptors (Lipinski definition) is 1. The smallest absolute Gasteiger partial charge is 0.151 e. The highest BCUT2D eigenvalue weighted by atomic mass is 31.1. The summed E-state index contributed by atoms with van der Waals surface area (Å²) in [7, 11) is -0.777. The van der Waals surface area contributed by atoms with Gasteiger partial charge in [-0.15, -0.1) is 0 Å². The van der Waals surface area contributed by atoms with Gasteiger partial charge in [-0.2, -0.15) is 0 Å². The van der Waals surface area contributed by atoms with Crippen molar-refractivity contribution >= 4 is 40.9 Å². The molecule has 1 nitrogen and oxygen atoms in total.